The average Bonchev–Trinajstić information content (AvgIpc) is 2.52. The lowest BCUT2D eigenvalue weighted by molar-refractivity contribution is -0.484. The highest BCUT2D eigenvalue weighted by molar-refractivity contribution is 7.86. The molecule has 2 N–H and O–H groups in total. The van der Waals surface area contributed by atoms with Gasteiger partial charge < -0.3 is 9.84 Å². The molecule has 1 rings (SSSR count). The van der Waals surface area contributed by atoms with Gasteiger partial charge in [-0.05, 0) is 0 Å². The van der Waals surface area contributed by atoms with E-state index in [-0.39, 0.29) is 0 Å². The van der Waals surface area contributed by atoms with E-state index in [1.165, 1.54) is 0 Å². The Morgan fingerprint density at radius 2 is 1.07 bits per heavy atom. The van der Waals surface area contributed by atoms with Gasteiger partial charge in [-0.3, -0.25) is 4.55 Å². The molecule has 0 aliphatic rings. The Hall–Kier alpha value is -2.15. The van der Waals surface area contributed by atoms with Crippen LogP contribution in [0.5, 0.6) is 11.5 Å². The smallest absolute Gasteiger partial charge is 0.494 e. The predicted molar refractivity (Wildman–Crippen MR) is 61.0 cm³/mol. The molecule has 29 heavy (non-hydrogen) atoms. The van der Waals surface area contributed by atoms with Crippen molar-refractivity contribution in [3.63, 3.8) is 0 Å². The second-order valence-electron chi connectivity index (χ2n) is 4.68. The Morgan fingerprint density at radius 3 is 1.41 bits per heavy atom. The van der Waals surface area contributed by atoms with Gasteiger partial charge in [0.05, 0.1) is 0 Å². The summed E-state index contributed by atoms with van der Waals surface area (Å²) >= 11 is 0. The van der Waals surface area contributed by atoms with E-state index in [9.17, 15) is 61.1 Å². The van der Waals surface area contributed by atoms with Crippen molar-refractivity contribution in [2.45, 2.75) is 23.6 Å². The minimum absolute atomic E-state index is 1.70. The van der Waals surface area contributed by atoms with E-state index >= 15 is 0 Å². The van der Waals surface area contributed by atoms with Crippen LogP contribution in [0, 0.1) is 23.3 Å². The zero-order chi connectivity index (χ0) is 23.4. The number of hydrogen-bond donors (Lipinski definition) is 2. The number of halogens is 12. The van der Waals surface area contributed by atoms with Crippen molar-refractivity contribution in [1.29, 1.82) is 0 Å². The summed E-state index contributed by atoms with van der Waals surface area (Å²) in [7, 11) is -7.24. The monoisotopic (exact) mass is 478 g/mol. The van der Waals surface area contributed by atoms with Crippen molar-refractivity contribution in [2.24, 2.45) is 0 Å². The van der Waals surface area contributed by atoms with Gasteiger partial charge in [-0.1, -0.05) is 0 Å². The molecule has 0 spiro atoms. The van der Waals surface area contributed by atoms with Crippen LogP contribution in [0.1, 0.15) is 0 Å². The Labute approximate surface area is 150 Å². The molecule has 1 aromatic rings. The predicted octanol–water partition coefficient (Wildman–Crippen LogP) is 3.60. The lowest BCUT2D eigenvalue weighted by Crippen LogP contribution is -2.57. The average molecular weight is 478 g/mol. The molecule has 0 aliphatic heterocycles. The lowest BCUT2D eigenvalue weighted by Gasteiger charge is -2.31. The van der Waals surface area contributed by atoms with Crippen LogP contribution in [-0.4, -0.2) is 41.7 Å². The first-order valence-corrected chi connectivity index (χ1v) is 7.47. The summed E-state index contributed by atoms with van der Waals surface area (Å²) in [6, 6.07) is 0. The Balaban J connectivity index is 3.40. The molecule has 0 heterocycles. The molecule has 1 aromatic carbocycles. The Bertz CT molecular complexity index is 885. The molecule has 0 aliphatic carbocycles. The van der Waals surface area contributed by atoms with Gasteiger partial charge in [-0.15, -0.1) is 0 Å². The summed E-state index contributed by atoms with van der Waals surface area (Å²) in [6.07, 6.45) is -21.0. The number of aromatic hydroxyl groups is 1. The van der Waals surface area contributed by atoms with Crippen molar-refractivity contribution >= 4 is 10.1 Å². The highest BCUT2D eigenvalue weighted by Gasteiger charge is 2.75. The van der Waals surface area contributed by atoms with Gasteiger partial charge in [-0.2, -0.15) is 61.1 Å². The van der Waals surface area contributed by atoms with Crippen LogP contribution in [0.2, 0.25) is 0 Å². The first-order valence-electron chi connectivity index (χ1n) is 6.03. The van der Waals surface area contributed by atoms with Crippen LogP contribution in [0.4, 0.5) is 52.7 Å². The SMILES string of the molecule is O=S(=O)(O)C(F)(F)C(F)(F)OC(F)(F)C(F)(F)Oc1c(F)c(F)c(O)c(F)c1F. The van der Waals surface area contributed by atoms with Crippen LogP contribution in [-0.2, 0) is 14.9 Å². The summed E-state index contributed by atoms with van der Waals surface area (Å²) in [5, 5.41) is 1.61. The standard InChI is InChI=1S/C10H2F12O6S/c11-1-3(13)6(4(14)2(12)5(1)23)27-7(15,16)8(17,18)28-9(19,20)10(21,22)29(24,25)26/h23H,(H,24,25,26). The molecule has 0 fully saturated rings. The van der Waals surface area contributed by atoms with Crippen molar-refractivity contribution in [2.75, 3.05) is 0 Å². The van der Waals surface area contributed by atoms with E-state index in [1.807, 2.05) is 0 Å². The van der Waals surface area contributed by atoms with Gasteiger partial charge in [-0.25, -0.2) is 4.74 Å². The number of ether oxygens (including phenoxy) is 2. The molecule has 0 saturated carbocycles. The van der Waals surface area contributed by atoms with Gasteiger partial charge in [0.25, 0.3) is 0 Å². The van der Waals surface area contributed by atoms with Gasteiger partial charge in [0.2, 0.25) is 29.0 Å². The van der Waals surface area contributed by atoms with Gasteiger partial charge >= 0.3 is 33.7 Å². The number of alkyl halides is 8. The van der Waals surface area contributed by atoms with Crippen LogP contribution in [0.25, 0.3) is 0 Å². The zero-order valence-corrected chi connectivity index (χ0v) is 13.3. The molecule has 6 nitrogen and oxygen atoms in total. The van der Waals surface area contributed by atoms with Gasteiger partial charge in [0.15, 0.2) is 5.75 Å². The van der Waals surface area contributed by atoms with Crippen molar-refractivity contribution < 1.29 is 80.2 Å². The second-order valence-corrected chi connectivity index (χ2v) is 6.14. The normalized spacial score (nSPS) is 14.2. The van der Waals surface area contributed by atoms with Crippen LogP contribution >= 0.6 is 0 Å². The second kappa shape index (κ2) is 6.97. The molecule has 0 bridgehead atoms. The van der Waals surface area contributed by atoms with E-state index in [2.05, 4.69) is 4.74 Å². The molecule has 0 unspecified atom stereocenters. The number of hydrogen-bond acceptors (Lipinski definition) is 5. The topological polar surface area (TPSA) is 93.1 Å². The first-order chi connectivity index (χ1) is 12.6. The summed E-state index contributed by atoms with van der Waals surface area (Å²) in [5.74, 6) is -17.5. The fourth-order valence-electron chi connectivity index (χ4n) is 1.31. The molecule has 168 valence electrons. The van der Waals surface area contributed by atoms with Crippen LogP contribution < -0.4 is 4.74 Å². The van der Waals surface area contributed by atoms with E-state index in [1.54, 1.807) is 4.74 Å². The number of phenolic OH excluding ortho intramolecular Hbond substituents is 1. The number of benzene rings is 1. The summed E-state index contributed by atoms with van der Waals surface area (Å²) < 4.78 is 189. The van der Waals surface area contributed by atoms with Crippen molar-refractivity contribution in [3.05, 3.63) is 23.3 Å². The van der Waals surface area contributed by atoms with E-state index in [4.69, 9.17) is 9.66 Å². The highest BCUT2D eigenvalue weighted by Crippen LogP contribution is 2.48. The molecule has 0 aromatic heterocycles. The summed E-state index contributed by atoms with van der Waals surface area (Å²) in [4.78, 5) is 0. The van der Waals surface area contributed by atoms with E-state index < -0.39 is 68.5 Å². The fraction of sp³-hybridized carbons (Fsp3) is 0.400. The molecule has 0 atom stereocenters. The van der Waals surface area contributed by atoms with Crippen LogP contribution in [0.15, 0.2) is 0 Å². The van der Waals surface area contributed by atoms with Crippen LogP contribution in [0.3, 0.4) is 0 Å². The molecule has 19 heteroatoms. The third kappa shape index (κ3) is 4.10. The lowest BCUT2D eigenvalue weighted by atomic mass is 10.2. The molecule has 0 saturated heterocycles. The minimum atomic E-state index is -7.24. The molecular formula is C10H2F12O6S. The number of phenols is 1. The maximum atomic E-state index is 13.3. The Kier molecular flexibility index (Phi) is 5.98. The maximum absolute atomic E-state index is 13.3. The van der Waals surface area contributed by atoms with Crippen molar-refractivity contribution in [3.8, 4) is 11.5 Å². The van der Waals surface area contributed by atoms with E-state index in [0.717, 1.165) is 0 Å². The third-order valence-corrected chi connectivity index (χ3v) is 3.57. The number of rotatable bonds is 7. The maximum Gasteiger partial charge on any atom is 0.494 e. The molecular weight excluding hydrogens is 476 g/mol. The minimum Gasteiger partial charge on any atom is -0.503 e. The van der Waals surface area contributed by atoms with Crippen molar-refractivity contribution in [1.82, 2.24) is 0 Å². The largest absolute Gasteiger partial charge is 0.503 e. The Morgan fingerprint density at radius 1 is 0.690 bits per heavy atom. The quantitative estimate of drug-likeness (QED) is 0.354. The fourth-order valence-corrected chi connectivity index (χ4v) is 1.65. The van der Waals surface area contributed by atoms with Gasteiger partial charge in [0, 0.05) is 0 Å². The van der Waals surface area contributed by atoms with Gasteiger partial charge in [0.1, 0.15) is 0 Å². The highest BCUT2D eigenvalue weighted by atomic mass is 32.2. The van der Waals surface area contributed by atoms with E-state index in [0.29, 0.717) is 0 Å². The first kappa shape index (κ1) is 24.9. The third-order valence-electron chi connectivity index (χ3n) is 2.69. The molecule has 0 radical (unpaired) electrons. The summed E-state index contributed by atoms with van der Waals surface area (Å²) in [5.41, 5.74) is 0. The zero-order valence-electron chi connectivity index (χ0n) is 12.5. The summed E-state index contributed by atoms with van der Waals surface area (Å²) in [6.45, 7) is 0. The molecule has 0 amide bonds.